The Morgan fingerprint density at radius 2 is 1.71 bits per heavy atom. The summed E-state index contributed by atoms with van der Waals surface area (Å²) >= 11 is 1.49. The number of hydrogen-bond acceptors (Lipinski definition) is 6. The molecule has 4 aromatic rings. The Balaban J connectivity index is 1.30. The first-order chi connectivity index (χ1) is 16.6. The summed E-state index contributed by atoms with van der Waals surface area (Å²) in [7, 11) is 3.20. The molecule has 0 unspecified atom stereocenters. The number of nitrogens with one attached hydrogen (secondary N) is 1. The molecule has 6 nitrogen and oxygen atoms in total. The molecule has 1 heterocycles. The molecule has 0 fully saturated rings. The van der Waals surface area contributed by atoms with E-state index in [0.29, 0.717) is 24.7 Å². The number of thiazole rings is 1. The van der Waals surface area contributed by atoms with Crippen molar-refractivity contribution in [1.29, 1.82) is 0 Å². The van der Waals surface area contributed by atoms with Gasteiger partial charge in [-0.2, -0.15) is 0 Å². The molecule has 0 aliphatic heterocycles. The average Bonchev–Trinajstić information content (AvgIpc) is 3.35. The summed E-state index contributed by atoms with van der Waals surface area (Å²) in [6.45, 7) is 0.928. The molecule has 0 aliphatic carbocycles. The first-order valence-electron chi connectivity index (χ1n) is 10.8. The van der Waals surface area contributed by atoms with Crippen molar-refractivity contribution < 1.29 is 19.0 Å². The minimum Gasteiger partial charge on any atom is -0.493 e. The molecule has 34 heavy (non-hydrogen) atoms. The predicted octanol–water partition coefficient (Wildman–Crippen LogP) is 5.27. The summed E-state index contributed by atoms with van der Waals surface area (Å²) in [6, 6.07) is 23.4. The van der Waals surface area contributed by atoms with Crippen LogP contribution in [0.5, 0.6) is 17.2 Å². The Labute approximate surface area is 203 Å². The van der Waals surface area contributed by atoms with E-state index in [-0.39, 0.29) is 12.3 Å². The van der Waals surface area contributed by atoms with E-state index in [1.807, 2.05) is 78.2 Å². The molecule has 1 N–H and O–H groups in total. The Kier molecular flexibility index (Phi) is 7.78. The molecule has 4 rings (SSSR count). The maximum atomic E-state index is 12.5. The highest BCUT2D eigenvalue weighted by Gasteiger charge is 2.12. The van der Waals surface area contributed by atoms with Crippen LogP contribution in [0.2, 0.25) is 0 Å². The van der Waals surface area contributed by atoms with Crippen molar-refractivity contribution in [3.05, 3.63) is 95.0 Å². The number of nitrogens with zero attached hydrogens (tertiary/aromatic N) is 1. The van der Waals surface area contributed by atoms with Gasteiger partial charge in [0.05, 0.1) is 26.3 Å². The third-order valence-corrected chi connectivity index (χ3v) is 6.10. The molecular formula is C27H26N2O4S. The van der Waals surface area contributed by atoms with Crippen LogP contribution in [0.15, 0.2) is 78.2 Å². The van der Waals surface area contributed by atoms with Crippen molar-refractivity contribution in [3.8, 4) is 27.8 Å². The summed E-state index contributed by atoms with van der Waals surface area (Å²) in [5, 5.41) is 5.70. The van der Waals surface area contributed by atoms with E-state index in [1.54, 1.807) is 14.2 Å². The first-order valence-corrected chi connectivity index (χ1v) is 11.7. The zero-order valence-corrected chi connectivity index (χ0v) is 19.9. The fourth-order valence-electron chi connectivity index (χ4n) is 3.40. The van der Waals surface area contributed by atoms with E-state index in [1.165, 1.54) is 11.3 Å². The number of hydrogen-bond donors (Lipinski definition) is 1. The molecule has 0 aliphatic rings. The summed E-state index contributed by atoms with van der Waals surface area (Å²) < 4.78 is 16.5. The molecule has 0 saturated carbocycles. The molecule has 0 bridgehead atoms. The van der Waals surface area contributed by atoms with Gasteiger partial charge in [0.1, 0.15) is 17.4 Å². The largest absolute Gasteiger partial charge is 0.493 e. The van der Waals surface area contributed by atoms with Crippen molar-refractivity contribution in [2.24, 2.45) is 0 Å². The molecule has 0 atom stereocenters. The summed E-state index contributed by atoms with van der Waals surface area (Å²) in [6.07, 6.45) is 0.216. The molecule has 1 amide bonds. The van der Waals surface area contributed by atoms with E-state index in [0.717, 1.165) is 33.1 Å². The number of ether oxygens (including phenoxy) is 3. The molecule has 0 spiro atoms. The number of methoxy groups -OCH3 is 2. The lowest BCUT2D eigenvalue weighted by molar-refractivity contribution is -0.120. The Hall–Kier alpha value is -3.84. The standard InChI is InChI=1S/C27H26N2O4S/c1-31-24-12-11-21(14-25(24)32-2)27-29-22(18-34-27)15-26(30)28-16-20-9-6-10-23(13-20)33-17-19-7-4-3-5-8-19/h3-14,18H,15-17H2,1-2H3,(H,28,30). The predicted molar refractivity (Wildman–Crippen MR) is 133 cm³/mol. The van der Waals surface area contributed by atoms with Crippen LogP contribution in [-0.2, 0) is 24.4 Å². The third kappa shape index (κ3) is 6.14. The van der Waals surface area contributed by atoms with Crippen LogP contribution < -0.4 is 19.5 Å². The van der Waals surface area contributed by atoms with Gasteiger partial charge in [0.25, 0.3) is 0 Å². The third-order valence-electron chi connectivity index (χ3n) is 5.16. The second-order valence-corrected chi connectivity index (χ2v) is 8.45. The van der Waals surface area contributed by atoms with Gasteiger partial charge in [0, 0.05) is 17.5 Å². The zero-order chi connectivity index (χ0) is 23.8. The topological polar surface area (TPSA) is 69.7 Å². The van der Waals surface area contributed by atoms with Crippen LogP contribution in [0, 0.1) is 0 Å². The Morgan fingerprint density at radius 1 is 0.912 bits per heavy atom. The van der Waals surface area contributed by atoms with Crippen LogP contribution in [-0.4, -0.2) is 25.1 Å². The van der Waals surface area contributed by atoms with Gasteiger partial charge in [-0.25, -0.2) is 4.98 Å². The maximum Gasteiger partial charge on any atom is 0.226 e. The van der Waals surface area contributed by atoms with Crippen LogP contribution in [0.1, 0.15) is 16.8 Å². The lowest BCUT2D eigenvalue weighted by Gasteiger charge is -2.09. The average molecular weight is 475 g/mol. The number of benzene rings is 3. The van der Waals surface area contributed by atoms with Gasteiger partial charge in [0.15, 0.2) is 11.5 Å². The highest BCUT2D eigenvalue weighted by Crippen LogP contribution is 2.33. The van der Waals surface area contributed by atoms with E-state index in [2.05, 4.69) is 10.3 Å². The van der Waals surface area contributed by atoms with Gasteiger partial charge in [0.2, 0.25) is 5.91 Å². The van der Waals surface area contributed by atoms with Gasteiger partial charge in [-0.05, 0) is 41.5 Å². The van der Waals surface area contributed by atoms with E-state index < -0.39 is 0 Å². The number of rotatable bonds is 10. The summed E-state index contributed by atoms with van der Waals surface area (Å²) in [4.78, 5) is 17.1. The van der Waals surface area contributed by atoms with Crippen molar-refractivity contribution in [1.82, 2.24) is 10.3 Å². The number of carbonyl (C=O) groups excluding carboxylic acids is 1. The smallest absolute Gasteiger partial charge is 0.226 e. The van der Waals surface area contributed by atoms with Crippen LogP contribution in [0.4, 0.5) is 0 Å². The fourth-order valence-corrected chi connectivity index (χ4v) is 4.22. The van der Waals surface area contributed by atoms with Crippen LogP contribution >= 0.6 is 11.3 Å². The van der Waals surface area contributed by atoms with Gasteiger partial charge in [-0.3, -0.25) is 4.79 Å². The lowest BCUT2D eigenvalue weighted by atomic mass is 10.2. The maximum absolute atomic E-state index is 12.5. The minimum absolute atomic E-state index is 0.0835. The quantitative estimate of drug-likeness (QED) is 0.339. The Bertz CT molecular complexity index is 1240. The highest BCUT2D eigenvalue weighted by molar-refractivity contribution is 7.13. The van der Waals surface area contributed by atoms with Crippen molar-refractivity contribution in [2.45, 2.75) is 19.6 Å². The van der Waals surface area contributed by atoms with Crippen molar-refractivity contribution in [3.63, 3.8) is 0 Å². The number of carbonyl (C=O) groups is 1. The van der Waals surface area contributed by atoms with E-state index >= 15 is 0 Å². The number of aromatic nitrogens is 1. The molecule has 174 valence electrons. The second kappa shape index (κ2) is 11.3. The van der Waals surface area contributed by atoms with Gasteiger partial charge in [-0.15, -0.1) is 11.3 Å². The zero-order valence-electron chi connectivity index (χ0n) is 19.1. The molecule has 1 aromatic heterocycles. The van der Waals surface area contributed by atoms with Gasteiger partial charge in [-0.1, -0.05) is 42.5 Å². The molecule has 0 saturated heterocycles. The molecule has 3 aromatic carbocycles. The molecule has 7 heteroatoms. The Morgan fingerprint density at radius 3 is 2.50 bits per heavy atom. The van der Waals surface area contributed by atoms with Gasteiger partial charge < -0.3 is 19.5 Å². The first kappa shape index (κ1) is 23.3. The second-order valence-electron chi connectivity index (χ2n) is 7.59. The van der Waals surface area contributed by atoms with Crippen molar-refractivity contribution >= 4 is 17.2 Å². The van der Waals surface area contributed by atoms with Crippen molar-refractivity contribution in [2.75, 3.05) is 14.2 Å². The summed E-state index contributed by atoms with van der Waals surface area (Å²) in [5.41, 5.74) is 3.73. The number of amides is 1. The van der Waals surface area contributed by atoms with E-state index in [9.17, 15) is 4.79 Å². The fraction of sp³-hybridized carbons (Fsp3) is 0.185. The van der Waals surface area contributed by atoms with Crippen LogP contribution in [0.3, 0.4) is 0 Å². The molecule has 0 radical (unpaired) electrons. The van der Waals surface area contributed by atoms with E-state index in [4.69, 9.17) is 14.2 Å². The monoisotopic (exact) mass is 474 g/mol. The van der Waals surface area contributed by atoms with Gasteiger partial charge >= 0.3 is 0 Å². The SMILES string of the molecule is COc1ccc(-c2nc(CC(=O)NCc3cccc(OCc4ccccc4)c3)cs2)cc1OC. The normalized spacial score (nSPS) is 10.5. The molecular weight excluding hydrogens is 448 g/mol. The minimum atomic E-state index is -0.0835. The lowest BCUT2D eigenvalue weighted by Crippen LogP contribution is -2.24. The highest BCUT2D eigenvalue weighted by atomic mass is 32.1. The van der Waals surface area contributed by atoms with Crippen LogP contribution in [0.25, 0.3) is 10.6 Å². The summed E-state index contributed by atoms with van der Waals surface area (Å²) in [5.74, 6) is 2.00.